The Bertz CT molecular complexity index is 927. The van der Waals surface area contributed by atoms with Crippen molar-refractivity contribution >= 4 is 5.91 Å². The zero-order valence-corrected chi connectivity index (χ0v) is 38.0. The zero-order valence-electron chi connectivity index (χ0n) is 38.0. The maximum Gasteiger partial charge on any atom is 0.222 e. The molecule has 0 aromatic carbocycles. The predicted octanol–water partition coefficient (Wildman–Crippen LogP) is 14.9. The number of unbranched alkanes of at least 4 members (excludes halogenated alkanes) is 31. The highest BCUT2D eigenvalue weighted by molar-refractivity contribution is 5.76. The molecule has 0 rings (SSSR count). The second kappa shape index (κ2) is 47.0. The first-order chi connectivity index (χ1) is 28.0. The first-order valence-electron chi connectivity index (χ1n) is 24.9. The van der Waals surface area contributed by atoms with Crippen LogP contribution in [0.4, 0.5) is 0 Å². The van der Waals surface area contributed by atoms with Gasteiger partial charge in [-0.3, -0.25) is 4.79 Å². The van der Waals surface area contributed by atoms with E-state index in [4.69, 9.17) is 0 Å². The molecule has 4 N–H and O–H groups in total. The van der Waals surface area contributed by atoms with E-state index in [9.17, 15) is 20.1 Å². The molecule has 3 unspecified atom stereocenters. The van der Waals surface area contributed by atoms with E-state index in [-0.39, 0.29) is 18.9 Å². The first-order valence-corrected chi connectivity index (χ1v) is 24.9. The van der Waals surface area contributed by atoms with Gasteiger partial charge in [-0.2, -0.15) is 0 Å². The summed E-state index contributed by atoms with van der Waals surface area (Å²) in [5, 5.41) is 33.1. The van der Waals surface area contributed by atoms with E-state index in [1.54, 1.807) is 6.08 Å². The molecule has 0 aliphatic rings. The third-order valence-electron chi connectivity index (χ3n) is 11.4. The molecule has 3 atom stereocenters. The standard InChI is InChI=1S/C52H97NO4/c1-3-5-7-9-11-13-14-15-16-17-18-19-20-21-22-23-24-25-26-27-28-29-30-31-32-33-34-35-36-38-39-41-43-45-49(55)47-52(57)53-50(48-54)51(56)46-44-42-40-37-12-10-8-6-4-2/h4,6,12,23-24,37,44,46,49-51,54-56H,3,5,7-11,13-22,25-36,38-43,45,47-48H2,1-2H3,(H,53,57)/b6-4+,24-23-,37-12+,46-44+. The van der Waals surface area contributed by atoms with E-state index >= 15 is 0 Å². The molecule has 0 heterocycles. The zero-order chi connectivity index (χ0) is 41.5. The lowest BCUT2D eigenvalue weighted by Crippen LogP contribution is -2.45. The smallest absolute Gasteiger partial charge is 0.222 e. The molecule has 0 saturated heterocycles. The lowest BCUT2D eigenvalue weighted by molar-refractivity contribution is -0.124. The molecule has 57 heavy (non-hydrogen) atoms. The number of carbonyl (C=O) groups excluding carboxylic acids is 1. The van der Waals surface area contributed by atoms with Crippen molar-refractivity contribution in [3.05, 3.63) is 48.6 Å². The third kappa shape index (κ3) is 43.7. The van der Waals surface area contributed by atoms with Crippen molar-refractivity contribution in [2.75, 3.05) is 6.61 Å². The highest BCUT2D eigenvalue weighted by Crippen LogP contribution is 2.16. The van der Waals surface area contributed by atoms with Crippen molar-refractivity contribution in [1.29, 1.82) is 0 Å². The molecule has 1 amide bonds. The summed E-state index contributed by atoms with van der Waals surface area (Å²) in [4.78, 5) is 12.4. The number of carbonyl (C=O) groups is 1. The Hall–Kier alpha value is -1.69. The van der Waals surface area contributed by atoms with Crippen molar-refractivity contribution in [2.24, 2.45) is 0 Å². The van der Waals surface area contributed by atoms with Crippen molar-refractivity contribution in [1.82, 2.24) is 5.32 Å². The lowest BCUT2D eigenvalue weighted by Gasteiger charge is -2.21. The number of hydrogen-bond acceptors (Lipinski definition) is 4. The van der Waals surface area contributed by atoms with Gasteiger partial charge in [-0.05, 0) is 64.7 Å². The molecule has 0 saturated carbocycles. The van der Waals surface area contributed by atoms with Gasteiger partial charge in [-0.1, -0.05) is 229 Å². The van der Waals surface area contributed by atoms with Crippen LogP contribution >= 0.6 is 0 Å². The molecule has 0 aromatic heterocycles. The fourth-order valence-electron chi connectivity index (χ4n) is 7.61. The van der Waals surface area contributed by atoms with E-state index in [0.29, 0.717) is 6.42 Å². The number of amides is 1. The maximum absolute atomic E-state index is 12.4. The topological polar surface area (TPSA) is 89.8 Å². The molecular weight excluding hydrogens is 703 g/mol. The number of aliphatic hydroxyl groups is 3. The normalized spacial score (nSPS) is 13.8. The molecule has 0 spiro atoms. The molecule has 334 valence electrons. The summed E-state index contributed by atoms with van der Waals surface area (Å²) in [6.07, 6.45) is 61.8. The average Bonchev–Trinajstić information content (AvgIpc) is 3.20. The van der Waals surface area contributed by atoms with Crippen LogP contribution in [0.5, 0.6) is 0 Å². The fourth-order valence-corrected chi connectivity index (χ4v) is 7.61. The number of nitrogens with one attached hydrogen (secondary N) is 1. The SMILES string of the molecule is C/C=C/CC/C=C/CC/C=C/C(O)C(CO)NC(=O)CC(O)CCCCCCCCCCCCCCCCC/C=C\CCCCCCCCCCCCCCCC. The minimum absolute atomic E-state index is 0.00216. The predicted molar refractivity (Wildman–Crippen MR) is 250 cm³/mol. The molecule has 0 radical (unpaired) electrons. The van der Waals surface area contributed by atoms with Gasteiger partial charge >= 0.3 is 0 Å². The van der Waals surface area contributed by atoms with Gasteiger partial charge in [-0.15, -0.1) is 0 Å². The molecule has 0 aliphatic heterocycles. The minimum atomic E-state index is -0.958. The summed E-state index contributed by atoms with van der Waals surface area (Å²) < 4.78 is 0. The van der Waals surface area contributed by atoms with Crippen molar-refractivity contribution in [3.63, 3.8) is 0 Å². The van der Waals surface area contributed by atoms with Gasteiger partial charge in [0, 0.05) is 0 Å². The quantitative estimate of drug-likeness (QED) is 0.0365. The molecule has 5 nitrogen and oxygen atoms in total. The monoisotopic (exact) mass is 800 g/mol. The second-order valence-corrected chi connectivity index (χ2v) is 17.1. The van der Waals surface area contributed by atoms with Crippen molar-refractivity contribution in [2.45, 2.75) is 270 Å². The summed E-state index contributed by atoms with van der Waals surface area (Å²) in [6, 6.07) is -0.765. The molecule has 0 aliphatic carbocycles. The Kier molecular flexibility index (Phi) is 45.6. The summed E-state index contributed by atoms with van der Waals surface area (Å²) in [7, 11) is 0. The van der Waals surface area contributed by atoms with Gasteiger partial charge in [-0.25, -0.2) is 0 Å². The van der Waals surface area contributed by atoms with Gasteiger partial charge in [0.25, 0.3) is 0 Å². The summed E-state index contributed by atoms with van der Waals surface area (Å²) in [5.41, 5.74) is 0. The molecule has 0 fully saturated rings. The molecule has 0 bridgehead atoms. The van der Waals surface area contributed by atoms with Crippen LogP contribution in [0, 0.1) is 0 Å². The highest BCUT2D eigenvalue weighted by Gasteiger charge is 2.20. The Morgan fingerprint density at radius 3 is 1.23 bits per heavy atom. The van der Waals surface area contributed by atoms with Gasteiger partial charge in [0.2, 0.25) is 5.91 Å². The third-order valence-corrected chi connectivity index (χ3v) is 11.4. The van der Waals surface area contributed by atoms with Crippen LogP contribution in [-0.4, -0.2) is 46.1 Å². The van der Waals surface area contributed by atoms with Crippen molar-refractivity contribution in [3.8, 4) is 0 Å². The first kappa shape index (κ1) is 55.3. The Labute approximate surface area is 355 Å². The Morgan fingerprint density at radius 1 is 0.474 bits per heavy atom. The van der Waals surface area contributed by atoms with Gasteiger partial charge in [0.05, 0.1) is 31.3 Å². The minimum Gasteiger partial charge on any atom is -0.394 e. The summed E-state index contributed by atoms with van der Waals surface area (Å²) >= 11 is 0. The molecular formula is C52H97NO4. The number of aliphatic hydroxyl groups excluding tert-OH is 3. The van der Waals surface area contributed by atoms with Crippen molar-refractivity contribution < 1.29 is 20.1 Å². The number of hydrogen-bond donors (Lipinski definition) is 4. The van der Waals surface area contributed by atoms with Gasteiger partial charge < -0.3 is 20.6 Å². The van der Waals surface area contributed by atoms with Crippen LogP contribution in [-0.2, 0) is 4.79 Å². The average molecular weight is 800 g/mol. The lowest BCUT2D eigenvalue weighted by atomic mass is 10.0. The Balaban J connectivity index is 3.47. The summed E-state index contributed by atoms with van der Waals surface area (Å²) in [5.74, 6) is -0.332. The van der Waals surface area contributed by atoms with Crippen LogP contribution in [0.1, 0.15) is 251 Å². The molecule has 5 heteroatoms. The largest absolute Gasteiger partial charge is 0.394 e. The van der Waals surface area contributed by atoms with Crippen LogP contribution in [0.15, 0.2) is 48.6 Å². The van der Waals surface area contributed by atoms with E-state index in [0.717, 1.165) is 38.5 Å². The van der Waals surface area contributed by atoms with Gasteiger partial charge in [0.15, 0.2) is 0 Å². The number of allylic oxidation sites excluding steroid dienone is 7. The maximum atomic E-state index is 12.4. The highest BCUT2D eigenvalue weighted by atomic mass is 16.3. The second-order valence-electron chi connectivity index (χ2n) is 17.1. The fraction of sp³-hybridized carbons (Fsp3) is 0.827. The Morgan fingerprint density at radius 2 is 0.825 bits per heavy atom. The van der Waals surface area contributed by atoms with E-state index < -0.39 is 18.2 Å². The van der Waals surface area contributed by atoms with Crippen LogP contribution in [0.3, 0.4) is 0 Å². The van der Waals surface area contributed by atoms with Crippen LogP contribution in [0.2, 0.25) is 0 Å². The van der Waals surface area contributed by atoms with E-state index in [1.807, 2.05) is 13.0 Å². The van der Waals surface area contributed by atoms with Crippen LogP contribution in [0.25, 0.3) is 0 Å². The van der Waals surface area contributed by atoms with E-state index in [2.05, 4.69) is 48.7 Å². The molecule has 0 aromatic rings. The number of rotatable bonds is 45. The summed E-state index contributed by atoms with van der Waals surface area (Å²) in [6.45, 7) is 3.97. The van der Waals surface area contributed by atoms with Gasteiger partial charge in [0.1, 0.15) is 0 Å². The van der Waals surface area contributed by atoms with E-state index in [1.165, 1.54) is 186 Å². The van der Waals surface area contributed by atoms with Crippen LogP contribution < -0.4 is 5.32 Å².